The third-order valence-electron chi connectivity index (χ3n) is 2.34. The summed E-state index contributed by atoms with van der Waals surface area (Å²) in [6, 6.07) is 7.31. The normalized spacial score (nSPS) is 12.2. The maximum Gasteiger partial charge on any atom is 0.214 e. The average molecular weight is 208 g/mol. The summed E-state index contributed by atoms with van der Waals surface area (Å²) in [5.41, 5.74) is 2.11. The first kappa shape index (κ1) is 11.5. The van der Waals surface area contributed by atoms with E-state index in [4.69, 9.17) is 0 Å². The van der Waals surface area contributed by atoms with Gasteiger partial charge in [-0.05, 0) is 17.7 Å². The van der Waals surface area contributed by atoms with Gasteiger partial charge in [0.05, 0.1) is 0 Å². The van der Waals surface area contributed by atoms with Gasteiger partial charge in [-0.1, -0.05) is 12.1 Å². The number of nitro groups is 1. The van der Waals surface area contributed by atoms with Crippen molar-refractivity contribution in [2.75, 3.05) is 19.0 Å². The molecule has 0 bridgehead atoms. The van der Waals surface area contributed by atoms with Gasteiger partial charge in [0.2, 0.25) is 6.04 Å². The summed E-state index contributed by atoms with van der Waals surface area (Å²) < 4.78 is 0. The van der Waals surface area contributed by atoms with Crippen molar-refractivity contribution < 1.29 is 4.92 Å². The van der Waals surface area contributed by atoms with Crippen molar-refractivity contribution in [2.24, 2.45) is 0 Å². The molecular weight excluding hydrogens is 192 g/mol. The predicted octanol–water partition coefficient (Wildman–Crippen LogP) is 1.96. The highest BCUT2D eigenvalue weighted by atomic mass is 16.6. The van der Waals surface area contributed by atoms with E-state index in [0.29, 0.717) is 6.42 Å². The topological polar surface area (TPSA) is 46.4 Å². The Labute approximate surface area is 89.7 Å². The lowest BCUT2D eigenvalue weighted by molar-refractivity contribution is -0.517. The van der Waals surface area contributed by atoms with Crippen LogP contribution in [0.25, 0.3) is 0 Å². The monoisotopic (exact) mass is 208 g/mol. The van der Waals surface area contributed by atoms with E-state index >= 15 is 0 Å². The van der Waals surface area contributed by atoms with Crippen molar-refractivity contribution in [3.63, 3.8) is 0 Å². The highest BCUT2D eigenvalue weighted by Crippen LogP contribution is 2.13. The number of hydrogen-bond donors (Lipinski definition) is 0. The molecule has 15 heavy (non-hydrogen) atoms. The Morgan fingerprint density at radius 2 is 1.87 bits per heavy atom. The summed E-state index contributed by atoms with van der Waals surface area (Å²) in [6.45, 7) is 1.62. The molecule has 0 aromatic heterocycles. The smallest absolute Gasteiger partial charge is 0.214 e. The summed E-state index contributed by atoms with van der Waals surface area (Å²) in [6.07, 6.45) is 0.487. The van der Waals surface area contributed by atoms with Gasteiger partial charge >= 0.3 is 0 Å². The van der Waals surface area contributed by atoms with Gasteiger partial charge in [0, 0.05) is 38.1 Å². The number of nitrogens with zero attached hydrogens (tertiary/aromatic N) is 2. The van der Waals surface area contributed by atoms with E-state index in [0.717, 1.165) is 11.3 Å². The highest BCUT2D eigenvalue weighted by Gasteiger charge is 2.13. The van der Waals surface area contributed by atoms with Crippen LogP contribution in [0.4, 0.5) is 5.69 Å². The van der Waals surface area contributed by atoms with E-state index in [1.807, 2.05) is 43.3 Å². The molecule has 0 N–H and O–H groups in total. The lowest BCUT2D eigenvalue weighted by Crippen LogP contribution is -2.17. The maximum atomic E-state index is 10.5. The van der Waals surface area contributed by atoms with E-state index in [2.05, 4.69) is 0 Å². The summed E-state index contributed by atoms with van der Waals surface area (Å²) in [7, 11) is 3.93. The van der Waals surface area contributed by atoms with Gasteiger partial charge in [0.1, 0.15) is 0 Å². The Morgan fingerprint density at radius 3 is 2.27 bits per heavy atom. The fraction of sp³-hybridized carbons (Fsp3) is 0.455. The lowest BCUT2D eigenvalue weighted by atomic mass is 10.1. The first-order chi connectivity index (χ1) is 7.00. The fourth-order valence-corrected chi connectivity index (χ4v) is 1.35. The Bertz CT molecular complexity index is 333. The van der Waals surface area contributed by atoms with Gasteiger partial charge in [-0.25, -0.2) is 0 Å². The molecule has 82 valence electrons. The molecule has 0 saturated heterocycles. The fourth-order valence-electron chi connectivity index (χ4n) is 1.35. The van der Waals surface area contributed by atoms with Gasteiger partial charge in [0.25, 0.3) is 0 Å². The quantitative estimate of drug-likeness (QED) is 0.561. The summed E-state index contributed by atoms with van der Waals surface area (Å²) in [5, 5.41) is 10.5. The van der Waals surface area contributed by atoms with Crippen LogP contribution in [0.5, 0.6) is 0 Å². The van der Waals surface area contributed by atoms with Gasteiger partial charge < -0.3 is 4.90 Å². The number of benzene rings is 1. The Kier molecular flexibility index (Phi) is 3.66. The van der Waals surface area contributed by atoms with Crippen LogP contribution in [0.15, 0.2) is 24.3 Å². The molecule has 4 heteroatoms. The van der Waals surface area contributed by atoms with Gasteiger partial charge in [-0.2, -0.15) is 0 Å². The molecule has 0 heterocycles. The van der Waals surface area contributed by atoms with Crippen LogP contribution < -0.4 is 4.90 Å². The zero-order chi connectivity index (χ0) is 11.4. The highest BCUT2D eigenvalue weighted by molar-refractivity contribution is 5.46. The molecule has 1 atom stereocenters. The second kappa shape index (κ2) is 4.77. The molecule has 0 amide bonds. The van der Waals surface area contributed by atoms with Crippen LogP contribution in [0.3, 0.4) is 0 Å². The molecule has 1 rings (SSSR count). The molecule has 0 aliphatic rings. The maximum absolute atomic E-state index is 10.5. The van der Waals surface area contributed by atoms with Crippen LogP contribution in [0.2, 0.25) is 0 Å². The molecule has 0 aliphatic heterocycles. The van der Waals surface area contributed by atoms with Gasteiger partial charge in [0.15, 0.2) is 0 Å². The van der Waals surface area contributed by atoms with Gasteiger partial charge in [-0.3, -0.25) is 10.1 Å². The Morgan fingerprint density at radius 1 is 1.33 bits per heavy atom. The van der Waals surface area contributed by atoms with E-state index in [1.54, 1.807) is 6.92 Å². The number of hydrogen-bond acceptors (Lipinski definition) is 3. The average Bonchev–Trinajstić information content (AvgIpc) is 2.18. The zero-order valence-electron chi connectivity index (χ0n) is 9.30. The van der Waals surface area contributed by atoms with Crippen LogP contribution in [-0.2, 0) is 6.42 Å². The molecule has 0 spiro atoms. The Hall–Kier alpha value is -1.58. The molecule has 0 fully saturated rings. The zero-order valence-corrected chi connectivity index (χ0v) is 9.30. The molecule has 0 radical (unpaired) electrons. The minimum atomic E-state index is -0.518. The van der Waals surface area contributed by atoms with Crippen LogP contribution in [0.1, 0.15) is 12.5 Å². The lowest BCUT2D eigenvalue weighted by Gasteiger charge is -2.12. The van der Waals surface area contributed by atoms with Crippen LogP contribution in [0, 0.1) is 10.1 Å². The molecule has 1 aromatic rings. The molecular formula is C11H16N2O2. The first-order valence-electron chi connectivity index (χ1n) is 4.90. The predicted molar refractivity (Wildman–Crippen MR) is 60.9 cm³/mol. The molecule has 0 saturated carbocycles. The van der Waals surface area contributed by atoms with Crippen molar-refractivity contribution in [3.8, 4) is 0 Å². The first-order valence-corrected chi connectivity index (χ1v) is 4.90. The third kappa shape index (κ3) is 3.23. The summed E-state index contributed by atoms with van der Waals surface area (Å²) in [5.74, 6) is 0. The Balaban J connectivity index is 2.68. The molecule has 0 aliphatic carbocycles. The second-order valence-electron chi connectivity index (χ2n) is 3.90. The SMILES string of the molecule is CC(Cc1ccc(N(C)C)cc1)[N+](=O)[O-]. The van der Waals surface area contributed by atoms with Crippen molar-refractivity contribution in [1.82, 2.24) is 0 Å². The van der Waals surface area contributed by atoms with Crippen molar-refractivity contribution >= 4 is 5.69 Å². The second-order valence-corrected chi connectivity index (χ2v) is 3.90. The number of anilines is 1. The van der Waals surface area contributed by atoms with E-state index < -0.39 is 6.04 Å². The van der Waals surface area contributed by atoms with Crippen molar-refractivity contribution in [3.05, 3.63) is 39.9 Å². The largest absolute Gasteiger partial charge is 0.378 e. The third-order valence-corrected chi connectivity index (χ3v) is 2.34. The molecule has 4 nitrogen and oxygen atoms in total. The minimum Gasteiger partial charge on any atom is -0.378 e. The van der Waals surface area contributed by atoms with E-state index in [9.17, 15) is 10.1 Å². The van der Waals surface area contributed by atoms with Crippen molar-refractivity contribution in [1.29, 1.82) is 0 Å². The van der Waals surface area contributed by atoms with E-state index in [-0.39, 0.29) is 4.92 Å². The van der Waals surface area contributed by atoms with E-state index in [1.165, 1.54) is 0 Å². The van der Waals surface area contributed by atoms with Crippen molar-refractivity contribution in [2.45, 2.75) is 19.4 Å². The van der Waals surface area contributed by atoms with Crippen LogP contribution in [-0.4, -0.2) is 25.1 Å². The molecule has 1 unspecified atom stereocenters. The van der Waals surface area contributed by atoms with Gasteiger partial charge in [-0.15, -0.1) is 0 Å². The number of rotatable bonds is 4. The van der Waals surface area contributed by atoms with Crippen LogP contribution >= 0.6 is 0 Å². The minimum absolute atomic E-state index is 0.250. The summed E-state index contributed by atoms with van der Waals surface area (Å²) in [4.78, 5) is 12.2. The standard InChI is InChI=1S/C11H16N2O2/c1-9(13(14)15)8-10-4-6-11(7-5-10)12(2)3/h4-7,9H,8H2,1-3H3. The molecule has 1 aromatic carbocycles. The summed E-state index contributed by atoms with van der Waals surface area (Å²) >= 11 is 0.